The number of methoxy groups -OCH3 is 2. The van der Waals surface area contributed by atoms with Gasteiger partial charge >= 0.3 is 0 Å². The third-order valence-corrected chi connectivity index (χ3v) is 5.69. The number of rotatable bonds is 8. The van der Waals surface area contributed by atoms with E-state index in [9.17, 15) is 9.18 Å². The average molecular weight is 453 g/mol. The molecule has 1 amide bonds. The van der Waals surface area contributed by atoms with E-state index >= 15 is 0 Å². The van der Waals surface area contributed by atoms with Gasteiger partial charge in [-0.2, -0.15) is 5.10 Å². The van der Waals surface area contributed by atoms with Crippen LogP contribution >= 0.6 is 11.3 Å². The molecule has 0 fully saturated rings. The van der Waals surface area contributed by atoms with Gasteiger partial charge in [0.15, 0.2) is 11.5 Å². The van der Waals surface area contributed by atoms with Crippen LogP contribution in [0.25, 0.3) is 10.6 Å². The van der Waals surface area contributed by atoms with Crippen molar-refractivity contribution in [3.8, 4) is 22.1 Å². The first-order valence-corrected chi connectivity index (χ1v) is 10.7. The Hall–Kier alpha value is -3.72. The smallest absolute Gasteiger partial charge is 0.231 e. The Bertz CT molecular complexity index is 1240. The number of amides is 1. The van der Waals surface area contributed by atoms with Crippen molar-refractivity contribution < 1.29 is 18.7 Å². The van der Waals surface area contributed by atoms with Crippen LogP contribution in [0.2, 0.25) is 0 Å². The predicted octanol–water partition coefficient (Wildman–Crippen LogP) is 4.39. The number of hydrogen-bond acceptors (Lipinski definition) is 6. The summed E-state index contributed by atoms with van der Waals surface area (Å²) in [4.78, 5) is 17.1. The summed E-state index contributed by atoms with van der Waals surface area (Å²) < 4.78 is 26.0. The van der Waals surface area contributed by atoms with E-state index in [0.29, 0.717) is 40.1 Å². The second kappa shape index (κ2) is 9.61. The minimum atomic E-state index is -0.321. The summed E-state index contributed by atoms with van der Waals surface area (Å²) in [5.74, 6) is 1.26. The number of ether oxygens (including phenoxy) is 2. The molecule has 164 valence electrons. The van der Waals surface area contributed by atoms with Crippen LogP contribution in [0.1, 0.15) is 11.3 Å². The van der Waals surface area contributed by atoms with Gasteiger partial charge in [-0.25, -0.2) is 14.1 Å². The highest BCUT2D eigenvalue weighted by Gasteiger charge is 2.15. The highest BCUT2D eigenvalue weighted by atomic mass is 32.1. The van der Waals surface area contributed by atoms with Crippen molar-refractivity contribution >= 4 is 23.1 Å². The van der Waals surface area contributed by atoms with Crippen LogP contribution in [-0.4, -0.2) is 34.9 Å². The zero-order valence-corrected chi connectivity index (χ0v) is 18.4. The lowest BCUT2D eigenvalue weighted by atomic mass is 10.2. The number of anilines is 1. The number of aromatic nitrogens is 3. The van der Waals surface area contributed by atoms with Crippen molar-refractivity contribution in [3.05, 3.63) is 77.2 Å². The number of nitrogens with one attached hydrogen (secondary N) is 1. The SMILES string of the molecule is COc1cccc(Cn2nccc2NC(=O)Cc2csc(-c3cccc(F)c3)n2)c1OC. The molecule has 0 atom stereocenters. The van der Waals surface area contributed by atoms with Crippen molar-refractivity contribution in [2.45, 2.75) is 13.0 Å². The molecule has 2 heterocycles. The van der Waals surface area contributed by atoms with Gasteiger partial charge < -0.3 is 14.8 Å². The molecule has 0 aliphatic carbocycles. The van der Waals surface area contributed by atoms with Crippen molar-refractivity contribution in [2.24, 2.45) is 0 Å². The van der Waals surface area contributed by atoms with Gasteiger partial charge in [0.1, 0.15) is 16.6 Å². The van der Waals surface area contributed by atoms with Crippen molar-refractivity contribution in [1.29, 1.82) is 0 Å². The number of nitrogens with zero attached hydrogens (tertiary/aromatic N) is 3. The highest BCUT2D eigenvalue weighted by molar-refractivity contribution is 7.13. The Kier molecular flexibility index (Phi) is 6.46. The molecule has 4 aromatic rings. The van der Waals surface area contributed by atoms with E-state index in [2.05, 4.69) is 15.4 Å². The maximum absolute atomic E-state index is 13.5. The summed E-state index contributed by atoms with van der Waals surface area (Å²) >= 11 is 1.37. The molecule has 0 bridgehead atoms. The molecule has 0 aliphatic rings. The van der Waals surface area contributed by atoms with Gasteiger partial charge in [0.25, 0.3) is 0 Å². The van der Waals surface area contributed by atoms with Crippen LogP contribution in [0.5, 0.6) is 11.5 Å². The zero-order chi connectivity index (χ0) is 22.5. The van der Waals surface area contributed by atoms with E-state index < -0.39 is 0 Å². The van der Waals surface area contributed by atoms with E-state index in [0.717, 1.165) is 5.56 Å². The third-order valence-electron chi connectivity index (χ3n) is 4.75. The normalized spacial score (nSPS) is 10.7. The van der Waals surface area contributed by atoms with E-state index in [1.54, 1.807) is 48.7 Å². The second-order valence-corrected chi connectivity index (χ2v) is 7.76. The summed E-state index contributed by atoms with van der Waals surface area (Å²) in [6.07, 6.45) is 1.71. The van der Waals surface area contributed by atoms with Crippen LogP contribution < -0.4 is 14.8 Å². The molecule has 2 aromatic heterocycles. The van der Waals surface area contributed by atoms with Crippen LogP contribution in [0.4, 0.5) is 10.2 Å². The standard InChI is InChI=1S/C23H21FN4O3S/c1-30-19-8-4-6-16(22(19)31-2)13-28-20(9-10-25-28)27-21(29)12-18-14-32-23(26-18)15-5-3-7-17(24)11-15/h3-11,14H,12-13H2,1-2H3,(H,27,29). The first-order chi connectivity index (χ1) is 15.6. The lowest BCUT2D eigenvalue weighted by Gasteiger charge is -2.14. The first kappa shape index (κ1) is 21.5. The van der Waals surface area contributed by atoms with Crippen molar-refractivity contribution in [3.63, 3.8) is 0 Å². The number of thiazole rings is 1. The fraction of sp³-hybridized carbons (Fsp3) is 0.174. The summed E-state index contributed by atoms with van der Waals surface area (Å²) in [5.41, 5.74) is 2.17. The molecule has 0 saturated carbocycles. The monoisotopic (exact) mass is 452 g/mol. The Morgan fingerprint density at radius 3 is 2.78 bits per heavy atom. The van der Waals surface area contributed by atoms with Crippen LogP contribution in [-0.2, 0) is 17.8 Å². The van der Waals surface area contributed by atoms with Gasteiger partial charge in [-0.3, -0.25) is 4.79 Å². The Balaban J connectivity index is 1.44. The minimum Gasteiger partial charge on any atom is -0.493 e. The third kappa shape index (κ3) is 4.78. The molecule has 0 saturated heterocycles. The Morgan fingerprint density at radius 1 is 1.16 bits per heavy atom. The maximum atomic E-state index is 13.5. The molecule has 32 heavy (non-hydrogen) atoms. The molecule has 0 aliphatic heterocycles. The first-order valence-electron chi connectivity index (χ1n) is 9.79. The van der Waals surface area contributed by atoms with Gasteiger partial charge in [-0.1, -0.05) is 24.3 Å². The number of hydrogen-bond donors (Lipinski definition) is 1. The Labute approximate surface area is 188 Å². The van der Waals surface area contributed by atoms with Crippen molar-refractivity contribution in [1.82, 2.24) is 14.8 Å². The van der Waals surface area contributed by atoms with E-state index in [-0.39, 0.29) is 18.1 Å². The molecule has 7 nitrogen and oxygen atoms in total. The van der Waals surface area contributed by atoms with Crippen LogP contribution in [0.3, 0.4) is 0 Å². The molecular weight excluding hydrogens is 431 g/mol. The lowest BCUT2D eigenvalue weighted by Crippen LogP contribution is -2.18. The number of halogens is 1. The van der Waals surface area contributed by atoms with Crippen LogP contribution in [0, 0.1) is 5.82 Å². The summed E-state index contributed by atoms with van der Waals surface area (Å²) in [6.45, 7) is 0.392. The quantitative estimate of drug-likeness (QED) is 0.429. The topological polar surface area (TPSA) is 78.3 Å². The second-order valence-electron chi connectivity index (χ2n) is 6.91. The van der Waals surface area contributed by atoms with Gasteiger partial charge in [0, 0.05) is 22.6 Å². The largest absolute Gasteiger partial charge is 0.493 e. The molecule has 0 spiro atoms. The van der Waals surface area contributed by atoms with Gasteiger partial charge in [-0.05, 0) is 18.2 Å². The lowest BCUT2D eigenvalue weighted by molar-refractivity contribution is -0.115. The molecule has 2 aromatic carbocycles. The molecule has 1 N–H and O–H groups in total. The van der Waals surface area contributed by atoms with Gasteiger partial charge in [0.05, 0.1) is 39.1 Å². The average Bonchev–Trinajstić information content (AvgIpc) is 3.43. The molecular formula is C23H21FN4O3S. The molecule has 0 unspecified atom stereocenters. The Morgan fingerprint density at radius 2 is 2.00 bits per heavy atom. The summed E-state index contributed by atoms with van der Waals surface area (Å²) in [6, 6.07) is 13.6. The summed E-state index contributed by atoms with van der Waals surface area (Å²) in [5, 5.41) is 9.66. The minimum absolute atomic E-state index is 0.0967. The predicted molar refractivity (Wildman–Crippen MR) is 121 cm³/mol. The number of para-hydroxylation sites is 1. The number of carbonyl (C=O) groups excluding carboxylic acids is 1. The fourth-order valence-electron chi connectivity index (χ4n) is 3.30. The molecule has 4 rings (SSSR count). The highest BCUT2D eigenvalue weighted by Crippen LogP contribution is 2.31. The van der Waals surface area contributed by atoms with E-state index in [1.807, 2.05) is 18.2 Å². The number of benzene rings is 2. The van der Waals surface area contributed by atoms with Gasteiger partial charge in [-0.15, -0.1) is 11.3 Å². The zero-order valence-electron chi connectivity index (χ0n) is 17.5. The number of carbonyl (C=O) groups is 1. The fourth-order valence-corrected chi connectivity index (χ4v) is 4.11. The summed E-state index contributed by atoms with van der Waals surface area (Å²) in [7, 11) is 3.17. The van der Waals surface area contributed by atoms with E-state index in [4.69, 9.17) is 9.47 Å². The van der Waals surface area contributed by atoms with Crippen molar-refractivity contribution in [2.75, 3.05) is 19.5 Å². The van der Waals surface area contributed by atoms with E-state index in [1.165, 1.54) is 23.5 Å². The van der Waals surface area contributed by atoms with Gasteiger partial charge in [0.2, 0.25) is 5.91 Å². The molecule has 0 radical (unpaired) electrons. The maximum Gasteiger partial charge on any atom is 0.231 e. The molecule has 9 heteroatoms. The van der Waals surface area contributed by atoms with Crippen LogP contribution in [0.15, 0.2) is 60.1 Å².